The van der Waals surface area contributed by atoms with Crippen LogP contribution in [-0.2, 0) is 4.79 Å². The molecule has 1 saturated heterocycles. The van der Waals surface area contributed by atoms with E-state index in [9.17, 15) is 4.79 Å². The SMILES string of the molecule is CCC1(C(=O)Nc2cc(C)c(Br)cn2)CCCNC1. The third-order valence-electron chi connectivity index (χ3n) is 3.92. The van der Waals surface area contributed by atoms with Crippen molar-refractivity contribution in [2.24, 2.45) is 5.41 Å². The zero-order valence-corrected chi connectivity index (χ0v) is 13.0. The fourth-order valence-electron chi connectivity index (χ4n) is 2.48. The molecule has 1 aromatic heterocycles. The minimum absolute atomic E-state index is 0.0800. The molecule has 0 saturated carbocycles. The first-order valence-electron chi connectivity index (χ1n) is 6.72. The van der Waals surface area contributed by atoms with E-state index in [0.717, 1.165) is 42.4 Å². The molecule has 1 aromatic rings. The molecule has 19 heavy (non-hydrogen) atoms. The highest BCUT2D eigenvalue weighted by molar-refractivity contribution is 9.10. The number of anilines is 1. The second kappa shape index (κ2) is 6.01. The molecule has 2 N–H and O–H groups in total. The van der Waals surface area contributed by atoms with Gasteiger partial charge in [0.2, 0.25) is 5.91 Å². The number of hydrogen-bond donors (Lipinski definition) is 2. The lowest BCUT2D eigenvalue weighted by molar-refractivity contribution is -0.126. The van der Waals surface area contributed by atoms with Crippen molar-refractivity contribution in [3.8, 4) is 0 Å². The average Bonchev–Trinajstić information content (AvgIpc) is 2.43. The molecule has 0 aliphatic carbocycles. The number of piperidine rings is 1. The summed E-state index contributed by atoms with van der Waals surface area (Å²) in [4.78, 5) is 16.8. The predicted molar refractivity (Wildman–Crippen MR) is 80.1 cm³/mol. The van der Waals surface area contributed by atoms with Crippen LogP contribution in [0, 0.1) is 12.3 Å². The van der Waals surface area contributed by atoms with E-state index >= 15 is 0 Å². The number of pyridine rings is 1. The number of amides is 1. The molecule has 1 aliphatic rings. The monoisotopic (exact) mass is 325 g/mol. The van der Waals surface area contributed by atoms with E-state index in [1.165, 1.54) is 0 Å². The highest BCUT2D eigenvalue weighted by atomic mass is 79.9. The van der Waals surface area contributed by atoms with E-state index in [0.29, 0.717) is 5.82 Å². The van der Waals surface area contributed by atoms with Gasteiger partial charge in [-0.2, -0.15) is 0 Å². The molecule has 1 amide bonds. The van der Waals surface area contributed by atoms with Gasteiger partial charge in [0.1, 0.15) is 5.82 Å². The Hall–Kier alpha value is -0.940. The van der Waals surface area contributed by atoms with Crippen molar-refractivity contribution in [1.29, 1.82) is 0 Å². The lowest BCUT2D eigenvalue weighted by Crippen LogP contribution is -2.47. The molecule has 0 spiro atoms. The number of nitrogens with zero attached hydrogens (tertiary/aromatic N) is 1. The summed E-state index contributed by atoms with van der Waals surface area (Å²) in [6.07, 6.45) is 4.57. The van der Waals surface area contributed by atoms with E-state index in [-0.39, 0.29) is 11.3 Å². The van der Waals surface area contributed by atoms with Gasteiger partial charge in [0, 0.05) is 17.2 Å². The minimum Gasteiger partial charge on any atom is -0.316 e. The molecule has 0 bridgehead atoms. The maximum absolute atomic E-state index is 12.5. The van der Waals surface area contributed by atoms with E-state index in [2.05, 4.69) is 38.5 Å². The Morgan fingerprint density at radius 3 is 3.00 bits per heavy atom. The number of rotatable bonds is 3. The standard InChI is InChI=1S/C14H20BrN3O/c1-3-14(5-4-6-16-9-14)13(19)18-12-7-10(2)11(15)8-17-12/h7-8,16H,3-6,9H2,1-2H3,(H,17,18,19). The van der Waals surface area contributed by atoms with Crippen LogP contribution in [0.5, 0.6) is 0 Å². The summed E-state index contributed by atoms with van der Waals surface area (Å²) < 4.78 is 0.954. The second-order valence-electron chi connectivity index (χ2n) is 5.19. The summed E-state index contributed by atoms with van der Waals surface area (Å²) >= 11 is 3.41. The molecule has 1 fully saturated rings. The first kappa shape index (κ1) is 14.5. The lowest BCUT2D eigenvalue weighted by Gasteiger charge is -2.35. The molecular weight excluding hydrogens is 306 g/mol. The Morgan fingerprint density at radius 1 is 1.63 bits per heavy atom. The van der Waals surface area contributed by atoms with Gasteiger partial charge in [0.25, 0.3) is 0 Å². The van der Waals surface area contributed by atoms with Crippen LogP contribution in [0.3, 0.4) is 0 Å². The summed E-state index contributed by atoms with van der Waals surface area (Å²) in [5.41, 5.74) is 0.776. The molecule has 1 unspecified atom stereocenters. The summed E-state index contributed by atoms with van der Waals surface area (Å²) in [6, 6.07) is 1.89. The summed E-state index contributed by atoms with van der Waals surface area (Å²) in [5.74, 6) is 0.709. The number of carbonyl (C=O) groups is 1. The summed E-state index contributed by atoms with van der Waals surface area (Å²) in [6.45, 7) is 5.82. The van der Waals surface area contributed by atoms with Gasteiger partial charge < -0.3 is 10.6 Å². The smallest absolute Gasteiger partial charge is 0.233 e. The molecule has 2 heterocycles. The fraction of sp³-hybridized carbons (Fsp3) is 0.571. The van der Waals surface area contributed by atoms with Crippen molar-refractivity contribution in [2.75, 3.05) is 18.4 Å². The summed E-state index contributed by atoms with van der Waals surface area (Å²) in [7, 11) is 0. The van der Waals surface area contributed by atoms with Crippen LogP contribution in [0.4, 0.5) is 5.82 Å². The highest BCUT2D eigenvalue weighted by Gasteiger charge is 2.37. The number of hydrogen-bond acceptors (Lipinski definition) is 3. The van der Waals surface area contributed by atoms with Crippen molar-refractivity contribution >= 4 is 27.7 Å². The molecule has 4 nitrogen and oxygen atoms in total. The van der Waals surface area contributed by atoms with Gasteiger partial charge in [-0.05, 0) is 60.3 Å². The van der Waals surface area contributed by atoms with E-state index in [4.69, 9.17) is 0 Å². The zero-order valence-electron chi connectivity index (χ0n) is 11.4. The van der Waals surface area contributed by atoms with Crippen LogP contribution < -0.4 is 10.6 Å². The van der Waals surface area contributed by atoms with Gasteiger partial charge in [0.05, 0.1) is 5.41 Å². The Morgan fingerprint density at radius 2 is 2.42 bits per heavy atom. The summed E-state index contributed by atoms with van der Waals surface area (Å²) in [5, 5.41) is 6.29. The highest BCUT2D eigenvalue weighted by Crippen LogP contribution is 2.31. The van der Waals surface area contributed by atoms with E-state index < -0.39 is 0 Å². The van der Waals surface area contributed by atoms with Crippen LogP contribution in [0.2, 0.25) is 0 Å². The van der Waals surface area contributed by atoms with Gasteiger partial charge in [-0.3, -0.25) is 4.79 Å². The Labute approximate surface area is 122 Å². The van der Waals surface area contributed by atoms with Crippen LogP contribution in [0.15, 0.2) is 16.7 Å². The van der Waals surface area contributed by atoms with Gasteiger partial charge in [-0.25, -0.2) is 4.98 Å². The van der Waals surface area contributed by atoms with Crippen LogP contribution in [-0.4, -0.2) is 24.0 Å². The number of aromatic nitrogens is 1. The Balaban J connectivity index is 2.12. The molecule has 0 aromatic carbocycles. The fourth-order valence-corrected chi connectivity index (χ4v) is 2.70. The van der Waals surface area contributed by atoms with Gasteiger partial charge in [-0.15, -0.1) is 0 Å². The van der Waals surface area contributed by atoms with Gasteiger partial charge >= 0.3 is 0 Å². The predicted octanol–water partition coefficient (Wildman–Crippen LogP) is 2.87. The van der Waals surface area contributed by atoms with Crippen LogP contribution in [0.1, 0.15) is 31.7 Å². The van der Waals surface area contributed by atoms with E-state index in [1.807, 2.05) is 13.0 Å². The van der Waals surface area contributed by atoms with Crippen molar-refractivity contribution in [1.82, 2.24) is 10.3 Å². The molecule has 1 aliphatic heterocycles. The molecular formula is C14H20BrN3O. The van der Waals surface area contributed by atoms with Crippen molar-refractivity contribution < 1.29 is 4.79 Å². The topological polar surface area (TPSA) is 54.0 Å². The van der Waals surface area contributed by atoms with Crippen molar-refractivity contribution in [3.63, 3.8) is 0 Å². The second-order valence-corrected chi connectivity index (χ2v) is 6.04. The zero-order chi connectivity index (χ0) is 13.9. The third-order valence-corrected chi connectivity index (χ3v) is 4.75. The average molecular weight is 326 g/mol. The van der Waals surface area contributed by atoms with Gasteiger partial charge in [0.15, 0.2) is 0 Å². The van der Waals surface area contributed by atoms with Crippen LogP contribution >= 0.6 is 15.9 Å². The van der Waals surface area contributed by atoms with Gasteiger partial charge in [-0.1, -0.05) is 6.92 Å². The maximum Gasteiger partial charge on any atom is 0.233 e. The maximum atomic E-state index is 12.5. The quantitative estimate of drug-likeness (QED) is 0.898. The molecule has 104 valence electrons. The minimum atomic E-state index is -0.291. The lowest BCUT2D eigenvalue weighted by atomic mass is 9.77. The Bertz CT molecular complexity index is 470. The number of carbonyl (C=O) groups excluding carboxylic acids is 1. The molecule has 5 heteroatoms. The molecule has 2 rings (SSSR count). The van der Waals surface area contributed by atoms with Crippen LogP contribution in [0.25, 0.3) is 0 Å². The molecule has 0 radical (unpaired) electrons. The molecule has 1 atom stereocenters. The first-order chi connectivity index (χ1) is 9.07. The van der Waals surface area contributed by atoms with E-state index in [1.54, 1.807) is 6.20 Å². The Kier molecular flexibility index (Phi) is 4.58. The number of nitrogens with one attached hydrogen (secondary N) is 2. The van der Waals surface area contributed by atoms with Crippen molar-refractivity contribution in [3.05, 3.63) is 22.3 Å². The van der Waals surface area contributed by atoms with Crippen molar-refractivity contribution in [2.45, 2.75) is 33.1 Å². The number of halogens is 1. The largest absolute Gasteiger partial charge is 0.316 e. The first-order valence-corrected chi connectivity index (χ1v) is 7.51. The normalized spacial score (nSPS) is 23.1. The third kappa shape index (κ3) is 3.15. The number of aryl methyl sites for hydroxylation is 1.